The van der Waals surface area contributed by atoms with Gasteiger partial charge in [-0.2, -0.15) is 0 Å². The van der Waals surface area contributed by atoms with Gasteiger partial charge in [0.2, 0.25) is 0 Å². The Kier molecular flexibility index (Phi) is 6.68. The molecule has 0 amide bonds. The van der Waals surface area contributed by atoms with Gasteiger partial charge in [0.15, 0.2) is 0 Å². The van der Waals surface area contributed by atoms with Crippen molar-refractivity contribution in [2.75, 3.05) is 0 Å². The maximum absolute atomic E-state index is 3.84. The third kappa shape index (κ3) is 4.50. The van der Waals surface area contributed by atoms with Crippen LogP contribution >= 0.6 is 22.6 Å². The lowest BCUT2D eigenvalue weighted by Crippen LogP contribution is -2.27. The molecule has 2 aromatic carbocycles. The van der Waals surface area contributed by atoms with Crippen LogP contribution in [0.15, 0.2) is 73.4 Å². The van der Waals surface area contributed by atoms with Crippen LogP contribution in [0, 0.1) is 16.4 Å². The number of benzene rings is 2. The van der Waals surface area contributed by atoms with Crippen LogP contribution < -0.4 is 0 Å². The fraction of sp³-hybridized carbons (Fsp3) is 0.286. The van der Waals surface area contributed by atoms with Crippen LogP contribution in [0.1, 0.15) is 61.4 Å². The molecule has 0 N–H and O–H groups in total. The Balaban J connectivity index is 2.21. The fourth-order valence-corrected chi connectivity index (χ4v) is 4.60. The topological polar surface area (TPSA) is 0 Å². The molecule has 0 aliphatic heterocycles. The van der Waals surface area contributed by atoms with Gasteiger partial charge in [-0.3, -0.25) is 0 Å². The lowest BCUT2D eigenvalue weighted by molar-refractivity contribution is 0.406. The summed E-state index contributed by atoms with van der Waals surface area (Å²) < 4.78 is 1.30. The molecule has 2 atom stereocenters. The normalized spacial score (nSPS) is 21.1. The van der Waals surface area contributed by atoms with Gasteiger partial charge in [-0.25, -0.2) is 0 Å². The van der Waals surface area contributed by atoms with Gasteiger partial charge in [0.1, 0.15) is 0 Å². The summed E-state index contributed by atoms with van der Waals surface area (Å²) in [6.45, 7) is 15.4. The third-order valence-corrected chi connectivity index (χ3v) is 7.04. The van der Waals surface area contributed by atoms with Crippen molar-refractivity contribution in [3.05, 3.63) is 105 Å². The number of aryl methyl sites for hydroxylation is 1. The second-order valence-corrected chi connectivity index (χ2v) is 9.89. The summed E-state index contributed by atoms with van der Waals surface area (Å²) in [5.41, 5.74) is 8.08. The van der Waals surface area contributed by atoms with Crippen molar-refractivity contribution in [1.29, 1.82) is 0 Å². The Hall–Kier alpha value is -1.87. The second-order valence-electron chi connectivity index (χ2n) is 8.64. The molecule has 0 heterocycles. The molecule has 0 aromatic heterocycles. The molecule has 1 aliphatic rings. The number of rotatable bonds is 3. The molecule has 150 valence electrons. The third-order valence-electron chi connectivity index (χ3n) is 6.37. The molecular weight excluding hydrogens is 463 g/mol. The zero-order chi connectivity index (χ0) is 21.2. The zero-order valence-corrected chi connectivity index (χ0v) is 20.3. The van der Waals surface area contributed by atoms with Gasteiger partial charge < -0.3 is 0 Å². The predicted octanol–water partition coefficient (Wildman–Crippen LogP) is 8.47. The first kappa shape index (κ1) is 21.8. The van der Waals surface area contributed by atoms with E-state index in [1.165, 1.54) is 37.0 Å². The SMILES string of the molecule is C=C/C=C\c1c(C)cccc1C1=CC(C)C(C)(C)c2cc(I)ccc2C(C)C=C1. The summed E-state index contributed by atoms with van der Waals surface area (Å²) in [5, 5.41) is 0. The maximum Gasteiger partial charge on any atom is 0.0133 e. The zero-order valence-electron chi connectivity index (χ0n) is 18.2. The summed E-state index contributed by atoms with van der Waals surface area (Å²) in [6.07, 6.45) is 13.2. The van der Waals surface area contributed by atoms with E-state index in [9.17, 15) is 0 Å². The van der Waals surface area contributed by atoms with Gasteiger partial charge in [-0.1, -0.05) is 95.0 Å². The highest BCUT2D eigenvalue weighted by molar-refractivity contribution is 14.1. The van der Waals surface area contributed by atoms with Gasteiger partial charge in [-0.05, 0) is 92.3 Å². The van der Waals surface area contributed by atoms with Gasteiger partial charge >= 0.3 is 0 Å². The molecule has 0 fully saturated rings. The average Bonchev–Trinajstić information content (AvgIpc) is 2.71. The summed E-state index contributed by atoms with van der Waals surface area (Å²) in [6, 6.07) is 13.5. The predicted molar refractivity (Wildman–Crippen MR) is 137 cm³/mol. The summed E-state index contributed by atoms with van der Waals surface area (Å²) in [4.78, 5) is 0. The highest BCUT2D eigenvalue weighted by Gasteiger charge is 2.31. The van der Waals surface area contributed by atoms with Crippen molar-refractivity contribution in [3.8, 4) is 0 Å². The van der Waals surface area contributed by atoms with Crippen molar-refractivity contribution < 1.29 is 0 Å². The molecule has 0 saturated heterocycles. The average molecular weight is 494 g/mol. The van der Waals surface area contributed by atoms with Crippen molar-refractivity contribution in [3.63, 3.8) is 0 Å². The first-order chi connectivity index (χ1) is 13.8. The van der Waals surface area contributed by atoms with E-state index in [0.717, 1.165) is 0 Å². The van der Waals surface area contributed by atoms with Crippen molar-refractivity contribution in [2.45, 2.75) is 46.0 Å². The van der Waals surface area contributed by atoms with Crippen LogP contribution in [0.4, 0.5) is 0 Å². The van der Waals surface area contributed by atoms with Crippen LogP contribution in [-0.4, -0.2) is 0 Å². The number of fused-ring (bicyclic) bond motifs is 1. The lowest BCUT2D eigenvalue weighted by atomic mass is 9.71. The van der Waals surface area contributed by atoms with Gasteiger partial charge in [0, 0.05) is 3.57 Å². The lowest BCUT2D eigenvalue weighted by Gasteiger charge is -2.34. The Morgan fingerprint density at radius 3 is 2.59 bits per heavy atom. The van der Waals surface area contributed by atoms with Crippen LogP contribution in [-0.2, 0) is 5.41 Å². The molecule has 0 nitrogen and oxygen atoms in total. The summed E-state index contributed by atoms with van der Waals surface area (Å²) in [5.74, 6) is 0.757. The van der Waals surface area contributed by atoms with Crippen molar-refractivity contribution in [1.82, 2.24) is 0 Å². The number of hydrogen-bond acceptors (Lipinski definition) is 0. The van der Waals surface area contributed by atoms with Gasteiger partial charge in [-0.15, -0.1) is 0 Å². The molecule has 3 rings (SSSR count). The Morgan fingerprint density at radius 2 is 1.86 bits per heavy atom. The minimum absolute atomic E-state index is 0.0446. The van der Waals surface area contributed by atoms with Crippen LogP contribution in [0.2, 0.25) is 0 Å². The Bertz CT molecular complexity index is 1000. The first-order valence-electron chi connectivity index (χ1n) is 10.3. The van der Waals surface area contributed by atoms with E-state index in [1.807, 2.05) is 12.2 Å². The van der Waals surface area contributed by atoms with Crippen molar-refractivity contribution >= 4 is 34.2 Å². The standard InChI is InChI=1S/C28H31I/c1-7-8-11-24-19(2)10-9-12-26(24)22-14-13-20(3)25-16-15-23(29)18-27(25)28(5,6)21(4)17-22/h7-18,20-21H,1H2,2-6H3/b11-8-,14-13?,22-17?. The Labute approximate surface area is 190 Å². The quantitative estimate of drug-likeness (QED) is 0.297. The van der Waals surface area contributed by atoms with E-state index in [1.54, 1.807) is 0 Å². The minimum atomic E-state index is 0.0446. The largest absolute Gasteiger partial charge is 0.0991 e. The van der Waals surface area contributed by atoms with E-state index in [4.69, 9.17) is 0 Å². The molecule has 0 saturated carbocycles. The molecule has 2 unspecified atom stereocenters. The maximum atomic E-state index is 3.84. The summed E-state index contributed by atoms with van der Waals surface area (Å²) in [7, 11) is 0. The molecule has 29 heavy (non-hydrogen) atoms. The molecule has 0 bridgehead atoms. The molecule has 1 aliphatic carbocycles. The van der Waals surface area contributed by atoms with Crippen LogP contribution in [0.25, 0.3) is 11.6 Å². The van der Waals surface area contributed by atoms with E-state index in [-0.39, 0.29) is 5.41 Å². The van der Waals surface area contributed by atoms with Crippen LogP contribution in [0.3, 0.4) is 0 Å². The minimum Gasteiger partial charge on any atom is -0.0991 e. The smallest absolute Gasteiger partial charge is 0.0133 e. The molecule has 2 aromatic rings. The number of hydrogen-bond donors (Lipinski definition) is 0. The number of halogens is 1. The van der Waals surface area contributed by atoms with Gasteiger partial charge in [0.05, 0.1) is 0 Å². The Morgan fingerprint density at radius 1 is 1.10 bits per heavy atom. The highest BCUT2D eigenvalue weighted by Crippen LogP contribution is 2.41. The van der Waals surface area contributed by atoms with E-state index < -0.39 is 0 Å². The van der Waals surface area contributed by atoms with E-state index >= 15 is 0 Å². The molecule has 0 spiro atoms. The van der Waals surface area contributed by atoms with E-state index in [0.29, 0.717) is 11.8 Å². The fourth-order valence-electron chi connectivity index (χ4n) is 4.11. The summed E-state index contributed by atoms with van der Waals surface area (Å²) >= 11 is 2.43. The van der Waals surface area contributed by atoms with E-state index in [2.05, 4.69) is 124 Å². The molecule has 0 radical (unpaired) electrons. The second kappa shape index (κ2) is 8.87. The highest BCUT2D eigenvalue weighted by atomic mass is 127. The van der Waals surface area contributed by atoms with Gasteiger partial charge in [0.25, 0.3) is 0 Å². The molecular formula is C28H31I. The molecule has 1 heteroatoms. The van der Waals surface area contributed by atoms with Crippen molar-refractivity contribution in [2.24, 2.45) is 5.92 Å². The first-order valence-corrected chi connectivity index (χ1v) is 11.4. The monoisotopic (exact) mass is 494 g/mol. The van der Waals surface area contributed by atoms with Crippen LogP contribution in [0.5, 0.6) is 0 Å². The number of allylic oxidation sites excluding steroid dienone is 6.